The first-order valence-corrected chi connectivity index (χ1v) is 7.99. The molecule has 3 atom stereocenters. The molecule has 0 aromatic heterocycles. The third kappa shape index (κ3) is 4.07. The van der Waals surface area contributed by atoms with Crippen molar-refractivity contribution in [3.63, 3.8) is 0 Å². The van der Waals surface area contributed by atoms with E-state index < -0.39 is 0 Å². The molecule has 21 heavy (non-hydrogen) atoms. The van der Waals surface area contributed by atoms with Crippen LogP contribution in [0.2, 0.25) is 0 Å². The molecule has 0 saturated carbocycles. The van der Waals surface area contributed by atoms with Crippen molar-refractivity contribution in [2.75, 3.05) is 18.4 Å². The molecule has 116 valence electrons. The van der Waals surface area contributed by atoms with Gasteiger partial charge in [-0.25, -0.2) is 0 Å². The van der Waals surface area contributed by atoms with Crippen LogP contribution in [0.1, 0.15) is 38.3 Å². The van der Waals surface area contributed by atoms with Crippen LogP contribution >= 0.6 is 0 Å². The maximum absolute atomic E-state index is 12.5. The summed E-state index contributed by atoms with van der Waals surface area (Å²) >= 11 is 0. The number of likely N-dealkylation sites (tertiary alicyclic amines) is 1. The Morgan fingerprint density at radius 3 is 2.48 bits per heavy atom. The summed E-state index contributed by atoms with van der Waals surface area (Å²) in [5, 5.41) is 3.10. The molecule has 0 radical (unpaired) electrons. The average molecular weight is 288 g/mol. The van der Waals surface area contributed by atoms with E-state index in [-0.39, 0.29) is 11.9 Å². The van der Waals surface area contributed by atoms with Gasteiger partial charge in [0.25, 0.3) is 0 Å². The van der Waals surface area contributed by atoms with E-state index >= 15 is 0 Å². The van der Waals surface area contributed by atoms with Gasteiger partial charge in [0.15, 0.2) is 0 Å². The van der Waals surface area contributed by atoms with Crippen molar-refractivity contribution in [2.24, 2.45) is 11.8 Å². The molecule has 1 N–H and O–H groups in total. The highest BCUT2D eigenvalue weighted by molar-refractivity contribution is 5.95. The first kappa shape index (κ1) is 16.0. The number of hydrogen-bond acceptors (Lipinski definition) is 2. The van der Waals surface area contributed by atoms with Crippen LogP contribution in [-0.4, -0.2) is 29.9 Å². The number of benzene rings is 1. The number of piperidine rings is 1. The molecule has 1 heterocycles. The molecule has 0 bridgehead atoms. The number of aryl methyl sites for hydroxylation is 2. The van der Waals surface area contributed by atoms with Crippen LogP contribution in [0, 0.1) is 25.7 Å². The summed E-state index contributed by atoms with van der Waals surface area (Å²) < 4.78 is 0. The zero-order valence-electron chi connectivity index (χ0n) is 13.9. The maximum Gasteiger partial charge on any atom is 0.241 e. The number of carbonyl (C=O) groups is 1. The molecule has 1 aliphatic heterocycles. The van der Waals surface area contributed by atoms with Crippen molar-refractivity contribution in [3.8, 4) is 0 Å². The van der Waals surface area contributed by atoms with Crippen LogP contribution in [0.5, 0.6) is 0 Å². The fourth-order valence-corrected chi connectivity index (χ4v) is 3.30. The molecule has 0 spiro atoms. The zero-order chi connectivity index (χ0) is 15.6. The van der Waals surface area contributed by atoms with Crippen LogP contribution in [-0.2, 0) is 4.79 Å². The van der Waals surface area contributed by atoms with Gasteiger partial charge in [-0.3, -0.25) is 9.69 Å². The van der Waals surface area contributed by atoms with E-state index in [4.69, 9.17) is 0 Å². The van der Waals surface area contributed by atoms with Gasteiger partial charge in [0, 0.05) is 18.8 Å². The number of nitrogens with one attached hydrogen (secondary N) is 1. The average Bonchev–Trinajstić information content (AvgIpc) is 2.41. The van der Waals surface area contributed by atoms with Gasteiger partial charge < -0.3 is 5.32 Å². The highest BCUT2D eigenvalue weighted by Gasteiger charge is 2.28. The summed E-state index contributed by atoms with van der Waals surface area (Å²) in [5.74, 6) is 1.44. The summed E-state index contributed by atoms with van der Waals surface area (Å²) in [6.45, 7) is 12.7. The second-order valence-corrected chi connectivity index (χ2v) is 6.88. The molecule has 1 amide bonds. The summed E-state index contributed by atoms with van der Waals surface area (Å²) in [6.07, 6.45) is 1.27. The number of rotatable bonds is 3. The number of anilines is 1. The van der Waals surface area contributed by atoms with Gasteiger partial charge in [-0.05, 0) is 56.2 Å². The normalized spacial score (nSPS) is 24.6. The molecule has 0 aliphatic carbocycles. The molecule has 1 fully saturated rings. The Hall–Kier alpha value is -1.35. The van der Waals surface area contributed by atoms with E-state index in [9.17, 15) is 4.79 Å². The Morgan fingerprint density at radius 2 is 1.86 bits per heavy atom. The van der Waals surface area contributed by atoms with Gasteiger partial charge in [-0.15, -0.1) is 0 Å². The Morgan fingerprint density at radius 1 is 1.24 bits per heavy atom. The Bertz CT molecular complexity index is 502. The fraction of sp³-hybridized carbons (Fsp3) is 0.611. The predicted molar refractivity (Wildman–Crippen MR) is 88.5 cm³/mol. The first-order chi connectivity index (χ1) is 9.86. The van der Waals surface area contributed by atoms with E-state index in [1.54, 1.807) is 0 Å². The van der Waals surface area contributed by atoms with E-state index in [1.165, 1.54) is 12.0 Å². The number of carbonyl (C=O) groups excluding carboxylic acids is 1. The molecule has 2 rings (SSSR count). The van der Waals surface area contributed by atoms with E-state index in [1.807, 2.05) is 26.8 Å². The van der Waals surface area contributed by atoms with Crippen LogP contribution in [0.25, 0.3) is 0 Å². The van der Waals surface area contributed by atoms with Crippen LogP contribution in [0.4, 0.5) is 5.69 Å². The largest absolute Gasteiger partial charge is 0.324 e. The van der Waals surface area contributed by atoms with Crippen molar-refractivity contribution in [1.29, 1.82) is 0 Å². The van der Waals surface area contributed by atoms with Gasteiger partial charge in [0.1, 0.15) is 0 Å². The van der Waals surface area contributed by atoms with Gasteiger partial charge in [-0.1, -0.05) is 26.0 Å². The zero-order valence-corrected chi connectivity index (χ0v) is 13.9. The van der Waals surface area contributed by atoms with Crippen LogP contribution < -0.4 is 5.32 Å². The standard InChI is InChI=1S/C18H28N2O/c1-12-6-7-15(4)17(9-12)19-18(21)16(5)20-10-13(2)8-14(3)11-20/h6-7,9,13-14,16H,8,10-11H2,1-5H3,(H,19,21)/t13-,14-,16-/m0/s1. The molecule has 1 saturated heterocycles. The molecule has 0 unspecified atom stereocenters. The SMILES string of the molecule is Cc1ccc(C)c(NC(=O)[C@H](C)N2C[C@@H](C)C[C@H](C)C2)c1. The van der Waals surface area contributed by atoms with Gasteiger partial charge in [0.2, 0.25) is 5.91 Å². The van der Waals surface area contributed by atoms with E-state index in [2.05, 4.69) is 36.2 Å². The quantitative estimate of drug-likeness (QED) is 0.921. The summed E-state index contributed by atoms with van der Waals surface area (Å²) in [6, 6.07) is 6.10. The molecular formula is C18H28N2O. The smallest absolute Gasteiger partial charge is 0.241 e. The number of hydrogen-bond donors (Lipinski definition) is 1. The van der Waals surface area contributed by atoms with E-state index in [0.717, 1.165) is 24.3 Å². The predicted octanol–water partition coefficient (Wildman–Crippen LogP) is 3.61. The Kier molecular flexibility index (Phi) is 5.04. The molecule has 3 heteroatoms. The van der Waals surface area contributed by atoms with Crippen molar-refractivity contribution < 1.29 is 4.79 Å². The Balaban J connectivity index is 2.04. The van der Waals surface area contributed by atoms with Crippen LogP contribution in [0.15, 0.2) is 18.2 Å². The van der Waals surface area contributed by atoms with Crippen molar-refractivity contribution in [1.82, 2.24) is 4.90 Å². The minimum absolute atomic E-state index is 0.0740. The Labute approximate surface area is 128 Å². The van der Waals surface area contributed by atoms with Crippen LogP contribution in [0.3, 0.4) is 0 Å². The van der Waals surface area contributed by atoms with Crippen molar-refractivity contribution in [2.45, 2.75) is 47.1 Å². The van der Waals surface area contributed by atoms with Crippen molar-refractivity contribution >= 4 is 11.6 Å². The van der Waals surface area contributed by atoms with E-state index in [0.29, 0.717) is 11.8 Å². The molecule has 1 aliphatic rings. The number of nitrogens with zero attached hydrogens (tertiary/aromatic N) is 1. The third-order valence-corrected chi connectivity index (χ3v) is 4.48. The maximum atomic E-state index is 12.5. The lowest BCUT2D eigenvalue weighted by atomic mass is 9.91. The summed E-state index contributed by atoms with van der Waals surface area (Å²) in [5.41, 5.74) is 3.22. The second-order valence-electron chi connectivity index (χ2n) is 6.88. The monoisotopic (exact) mass is 288 g/mol. The minimum Gasteiger partial charge on any atom is -0.324 e. The van der Waals surface area contributed by atoms with Gasteiger partial charge >= 0.3 is 0 Å². The minimum atomic E-state index is -0.0740. The molecule has 1 aromatic rings. The second kappa shape index (κ2) is 6.61. The molecule has 3 nitrogen and oxygen atoms in total. The first-order valence-electron chi connectivity index (χ1n) is 7.99. The molecule has 1 aromatic carbocycles. The molecular weight excluding hydrogens is 260 g/mol. The summed E-state index contributed by atoms with van der Waals surface area (Å²) in [4.78, 5) is 14.9. The lowest BCUT2D eigenvalue weighted by Gasteiger charge is -2.38. The van der Waals surface area contributed by atoms with Gasteiger partial charge in [0.05, 0.1) is 6.04 Å². The highest BCUT2D eigenvalue weighted by Crippen LogP contribution is 2.23. The van der Waals surface area contributed by atoms with Gasteiger partial charge in [-0.2, -0.15) is 0 Å². The lowest BCUT2D eigenvalue weighted by molar-refractivity contribution is -0.121. The number of amides is 1. The topological polar surface area (TPSA) is 32.3 Å². The highest BCUT2D eigenvalue weighted by atomic mass is 16.2. The third-order valence-electron chi connectivity index (χ3n) is 4.48. The summed E-state index contributed by atoms with van der Waals surface area (Å²) in [7, 11) is 0. The fourth-order valence-electron chi connectivity index (χ4n) is 3.30. The van der Waals surface area contributed by atoms with Crippen molar-refractivity contribution in [3.05, 3.63) is 29.3 Å². The lowest BCUT2D eigenvalue weighted by Crippen LogP contribution is -2.48.